The molecule has 0 spiro atoms. The van der Waals surface area contributed by atoms with Crippen molar-refractivity contribution in [2.75, 3.05) is 0 Å². The first-order valence-corrected chi connectivity index (χ1v) is 3.80. The molecule has 0 aliphatic carbocycles. The van der Waals surface area contributed by atoms with Crippen molar-refractivity contribution in [3.8, 4) is 0 Å². The predicted molar refractivity (Wildman–Crippen MR) is 44.7 cm³/mol. The van der Waals surface area contributed by atoms with Gasteiger partial charge in [-0.3, -0.25) is 0 Å². The maximum absolute atomic E-state index is 5.71. The minimum absolute atomic E-state index is 0.240. The normalized spacial score (nSPS) is 13.1. The molecule has 2 N–H and O–H groups in total. The maximum Gasteiger partial charge on any atom is 0.138 e. The topological polar surface area (TPSA) is 51.8 Å². The van der Waals surface area contributed by atoms with Gasteiger partial charge < -0.3 is 5.73 Å². The third-order valence-corrected chi connectivity index (χ3v) is 1.84. The number of nitrogens with two attached hydrogens (primary N) is 1. The zero-order valence-corrected chi connectivity index (χ0v) is 7.39. The van der Waals surface area contributed by atoms with Gasteiger partial charge in [0.25, 0.3) is 0 Å². The number of nitrogens with zero attached hydrogens (tertiary/aromatic N) is 2. The molecular weight excluding hydrogens is 185 g/mol. The Morgan fingerprint density at radius 2 is 1.82 bits per heavy atom. The van der Waals surface area contributed by atoms with Crippen molar-refractivity contribution < 1.29 is 0 Å². The Labute approximate surface area is 74.5 Å². The second-order valence-electron chi connectivity index (χ2n) is 2.16. The van der Waals surface area contributed by atoms with Crippen molar-refractivity contribution >= 4 is 23.2 Å². The molecule has 0 bridgehead atoms. The van der Waals surface area contributed by atoms with E-state index in [4.69, 9.17) is 28.9 Å². The third-order valence-electron chi connectivity index (χ3n) is 1.24. The highest BCUT2D eigenvalue weighted by molar-refractivity contribution is 6.34. The lowest BCUT2D eigenvalue weighted by atomic mass is 10.2. The van der Waals surface area contributed by atoms with Crippen LogP contribution in [0.25, 0.3) is 0 Å². The minimum Gasteiger partial charge on any atom is -0.324 e. The van der Waals surface area contributed by atoms with E-state index in [1.165, 1.54) is 6.33 Å². The van der Waals surface area contributed by atoms with E-state index in [1.807, 2.05) is 0 Å². The first kappa shape index (κ1) is 8.71. The fourth-order valence-corrected chi connectivity index (χ4v) is 1.39. The van der Waals surface area contributed by atoms with Crippen molar-refractivity contribution in [3.63, 3.8) is 0 Å². The third kappa shape index (κ3) is 1.80. The highest BCUT2D eigenvalue weighted by Crippen LogP contribution is 2.24. The summed E-state index contributed by atoms with van der Waals surface area (Å²) in [4.78, 5) is 7.50. The molecule has 0 saturated heterocycles. The van der Waals surface area contributed by atoms with Crippen molar-refractivity contribution in [2.45, 2.75) is 13.0 Å². The van der Waals surface area contributed by atoms with Crippen LogP contribution in [0.1, 0.15) is 18.5 Å². The van der Waals surface area contributed by atoms with Gasteiger partial charge >= 0.3 is 0 Å². The molecule has 1 rings (SSSR count). The van der Waals surface area contributed by atoms with Crippen LogP contribution in [0, 0.1) is 0 Å². The molecular formula is C6H7Cl2N3. The monoisotopic (exact) mass is 191 g/mol. The van der Waals surface area contributed by atoms with Crippen LogP contribution in [0.4, 0.5) is 0 Å². The number of hydrogen-bond donors (Lipinski definition) is 1. The van der Waals surface area contributed by atoms with Gasteiger partial charge in [0.2, 0.25) is 0 Å². The highest BCUT2D eigenvalue weighted by Gasteiger charge is 2.11. The van der Waals surface area contributed by atoms with E-state index < -0.39 is 0 Å². The second-order valence-corrected chi connectivity index (χ2v) is 2.87. The summed E-state index contributed by atoms with van der Waals surface area (Å²) < 4.78 is 0. The van der Waals surface area contributed by atoms with E-state index in [2.05, 4.69) is 9.97 Å². The number of rotatable bonds is 1. The molecule has 0 fully saturated rings. The summed E-state index contributed by atoms with van der Waals surface area (Å²) in [6.45, 7) is 1.77. The quantitative estimate of drug-likeness (QED) is 0.690. The van der Waals surface area contributed by atoms with Gasteiger partial charge in [-0.25, -0.2) is 9.97 Å². The van der Waals surface area contributed by atoms with E-state index in [9.17, 15) is 0 Å². The number of aromatic nitrogens is 2. The molecule has 1 aromatic heterocycles. The van der Waals surface area contributed by atoms with Crippen LogP contribution >= 0.6 is 23.2 Å². The van der Waals surface area contributed by atoms with Gasteiger partial charge in [-0.1, -0.05) is 23.2 Å². The maximum atomic E-state index is 5.71. The van der Waals surface area contributed by atoms with Crippen LogP contribution in [0.2, 0.25) is 10.3 Å². The number of halogens is 2. The molecule has 0 aliphatic rings. The highest BCUT2D eigenvalue weighted by atomic mass is 35.5. The van der Waals surface area contributed by atoms with E-state index >= 15 is 0 Å². The summed E-state index contributed by atoms with van der Waals surface area (Å²) in [6.07, 6.45) is 1.30. The van der Waals surface area contributed by atoms with Crippen LogP contribution in [0.5, 0.6) is 0 Å². The second kappa shape index (κ2) is 3.34. The average molecular weight is 192 g/mol. The predicted octanol–water partition coefficient (Wildman–Crippen LogP) is 1.80. The molecule has 0 radical (unpaired) electrons. The summed E-state index contributed by atoms with van der Waals surface area (Å²) in [5.74, 6) is 0. The Balaban J connectivity index is 3.21. The molecule has 0 aliphatic heterocycles. The summed E-state index contributed by atoms with van der Waals surface area (Å²) in [5, 5.41) is 0.639. The van der Waals surface area contributed by atoms with E-state index in [0.717, 1.165) is 0 Å². The van der Waals surface area contributed by atoms with Crippen molar-refractivity contribution in [3.05, 3.63) is 22.2 Å². The zero-order chi connectivity index (χ0) is 8.43. The Bertz CT molecular complexity index is 242. The van der Waals surface area contributed by atoms with Gasteiger partial charge in [-0.05, 0) is 6.92 Å². The molecule has 0 saturated carbocycles. The average Bonchev–Trinajstić information content (AvgIpc) is 1.85. The largest absolute Gasteiger partial charge is 0.324 e. The standard InChI is InChI=1S/C6H7Cl2N3/c1-3(9)4-5(7)10-2-11-6(4)8/h2-3H,9H2,1H3/t3-/m0/s1. The molecule has 0 unspecified atom stereocenters. The lowest BCUT2D eigenvalue weighted by Crippen LogP contribution is -2.08. The van der Waals surface area contributed by atoms with Crippen molar-refractivity contribution in [2.24, 2.45) is 5.73 Å². The van der Waals surface area contributed by atoms with Crippen LogP contribution in [-0.2, 0) is 0 Å². The molecule has 60 valence electrons. The molecule has 1 atom stereocenters. The number of hydrogen-bond acceptors (Lipinski definition) is 3. The van der Waals surface area contributed by atoms with Gasteiger partial charge in [0, 0.05) is 11.6 Å². The van der Waals surface area contributed by atoms with E-state index in [1.54, 1.807) is 6.92 Å². The lowest BCUT2D eigenvalue weighted by molar-refractivity contribution is 0.803. The minimum atomic E-state index is -0.240. The molecule has 0 amide bonds. The smallest absolute Gasteiger partial charge is 0.138 e. The summed E-state index contributed by atoms with van der Waals surface area (Å²) in [5.41, 5.74) is 6.16. The van der Waals surface area contributed by atoms with Crippen LogP contribution in [-0.4, -0.2) is 9.97 Å². The van der Waals surface area contributed by atoms with Gasteiger partial charge in [0.05, 0.1) is 0 Å². The van der Waals surface area contributed by atoms with Crippen LogP contribution in [0.15, 0.2) is 6.33 Å². The van der Waals surface area contributed by atoms with Gasteiger partial charge in [0.1, 0.15) is 16.6 Å². The molecule has 1 aromatic rings. The molecule has 5 heteroatoms. The molecule has 0 aromatic carbocycles. The molecule has 1 heterocycles. The Kier molecular flexibility index (Phi) is 2.65. The van der Waals surface area contributed by atoms with Crippen LogP contribution < -0.4 is 5.73 Å². The van der Waals surface area contributed by atoms with Gasteiger partial charge in [-0.15, -0.1) is 0 Å². The Morgan fingerprint density at radius 3 is 2.09 bits per heavy atom. The first-order chi connectivity index (χ1) is 5.13. The SMILES string of the molecule is C[C@H](N)c1c(Cl)ncnc1Cl. The lowest BCUT2D eigenvalue weighted by Gasteiger charge is -2.07. The fourth-order valence-electron chi connectivity index (χ4n) is 0.730. The zero-order valence-electron chi connectivity index (χ0n) is 5.88. The summed E-state index contributed by atoms with van der Waals surface area (Å²) >= 11 is 11.4. The molecule has 11 heavy (non-hydrogen) atoms. The first-order valence-electron chi connectivity index (χ1n) is 3.04. The Hall–Kier alpha value is -0.380. The van der Waals surface area contributed by atoms with Crippen LogP contribution in [0.3, 0.4) is 0 Å². The Morgan fingerprint density at radius 1 is 1.36 bits per heavy atom. The van der Waals surface area contributed by atoms with E-state index in [0.29, 0.717) is 15.9 Å². The van der Waals surface area contributed by atoms with Crippen molar-refractivity contribution in [1.82, 2.24) is 9.97 Å². The van der Waals surface area contributed by atoms with E-state index in [-0.39, 0.29) is 6.04 Å². The van der Waals surface area contributed by atoms with Gasteiger partial charge in [-0.2, -0.15) is 0 Å². The van der Waals surface area contributed by atoms with Gasteiger partial charge in [0.15, 0.2) is 0 Å². The van der Waals surface area contributed by atoms with Crippen molar-refractivity contribution in [1.29, 1.82) is 0 Å². The summed E-state index contributed by atoms with van der Waals surface area (Å²) in [6, 6.07) is -0.240. The fraction of sp³-hybridized carbons (Fsp3) is 0.333. The summed E-state index contributed by atoms with van der Waals surface area (Å²) in [7, 11) is 0. The molecule has 3 nitrogen and oxygen atoms in total.